The van der Waals surface area contributed by atoms with Crippen molar-refractivity contribution >= 4 is 34.9 Å². The molecule has 0 saturated heterocycles. The second kappa shape index (κ2) is 6.96. The van der Waals surface area contributed by atoms with Gasteiger partial charge in [-0.15, -0.1) is 0 Å². The van der Waals surface area contributed by atoms with Crippen LogP contribution in [0.25, 0.3) is 0 Å². The van der Waals surface area contributed by atoms with Crippen molar-refractivity contribution in [1.29, 1.82) is 0 Å². The summed E-state index contributed by atoms with van der Waals surface area (Å²) in [6, 6.07) is 7.09. The second-order valence-corrected chi connectivity index (χ2v) is 6.10. The van der Waals surface area contributed by atoms with E-state index in [2.05, 4.69) is 10.4 Å². The van der Waals surface area contributed by atoms with Gasteiger partial charge in [-0.1, -0.05) is 43.1 Å². The first-order valence-electron chi connectivity index (χ1n) is 6.71. The molecule has 0 unspecified atom stereocenters. The minimum absolute atomic E-state index is 0.0195. The number of halogens is 2. The zero-order valence-electron chi connectivity index (χ0n) is 11.9. The van der Waals surface area contributed by atoms with Crippen LogP contribution in [0.3, 0.4) is 0 Å². The summed E-state index contributed by atoms with van der Waals surface area (Å²) in [7, 11) is 0. The van der Waals surface area contributed by atoms with Gasteiger partial charge in [-0.25, -0.2) is 4.68 Å². The summed E-state index contributed by atoms with van der Waals surface area (Å²) in [5.74, 6) is 0.952. The lowest BCUT2D eigenvalue weighted by Gasteiger charge is -2.11. The third kappa shape index (κ3) is 4.48. The number of hydrogen-bond acceptors (Lipinski definition) is 2. The third-order valence-electron chi connectivity index (χ3n) is 2.91. The minimum atomic E-state index is -0.0195. The van der Waals surface area contributed by atoms with E-state index in [4.69, 9.17) is 23.2 Å². The van der Waals surface area contributed by atoms with Crippen molar-refractivity contribution in [3.8, 4) is 0 Å². The third-order valence-corrected chi connectivity index (χ3v) is 3.50. The Balaban J connectivity index is 2.11. The summed E-state index contributed by atoms with van der Waals surface area (Å²) in [6.45, 7) is 4.48. The molecule has 4 nitrogen and oxygen atoms in total. The summed E-state index contributed by atoms with van der Waals surface area (Å²) < 4.78 is 1.70. The van der Waals surface area contributed by atoms with Gasteiger partial charge in [0.15, 0.2) is 0 Å². The van der Waals surface area contributed by atoms with Crippen molar-refractivity contribution in [1.82, 2.24) is 9.78 Å². The van der Waals surface area contributed by atoms with Crippen LogP contribution in [0, 0.1) is 5.92 Å². The molecule has 0 aliphatic heterocycles. The Labute approximate surface area is 134 Å². The van der Waals surface area contributed by atoms with Gasteiger partial charge in [0, 0.05) is 22.5 Å². The van der Waals surface area contributed by atoms with E-state index in [1.54, 1.807) is 29.1 Å². The van der Waals surface area contributed by atoms with Gasteiger partial charge in [0.1, 0.15) is 5.82 Å². The maximum Gasteiger partial charge on any atom is 0.225 e. The molecule has 1 aromatic heterocycles. The zero-order chi connectivity index (χ0) is 15.4. The zero-order valence-corrected chi connectivity index (χ0v) is 13.4. The van der Waals surface area contributed by atoms with Crippen molar-refractivity contribution in [2.45, 2.75) is 26.8 Å². The number of carbonyl (C=O) groups excluding carboxylic acids is 1. The summed E-state index contributed by atoms with van der Waals surface area (Å²) in [6.07, 6.45) is 2.13. The van der Waals surface area contributed by atoms with E-state index in [0.29, 0.717) is 34.7 Å². The molecule has 0 spiro atoms. The van der Waals surface area contributed by atoms with Crippen LogP contribution in [-0.4, -0.2) is 15.7 Å². The fraction of sp³-hybridized carbons (Fsp3) is 0.333. The number of hydrogen-bond donors (Lipinski definition) is 1. The number of amides is 1. The summed E-state index contributed by atoms with van der Waals surface area (Å²) in [5, 5.41) is 8.26. The summed E-state index contributed by atoms with van der Waals surface area (Å²) in [4.78, 5) is 11.8. The Morgan fingerprint density at radius 1 is 1.33 bits per heavy atom. The van der Waals surface area contributed by atoms with Gasteiger partial charge in [-0.3, -0.25) is 4.79 Å². The van der Waals surface area contributed by atoms with Crippen LogP contribution in [0.2, 0.25) is 10.0 Å². The van der Waals surface area contributed by atoms with Crippen molar-refractivity contribution in [3.63, 3.8) is 0 Å². The predicted molar refractivity (Wildman–Crippen MR) is 85.9 cm³/mol. The largest absolute Gasteiger partial charge is 0.311 e. The molecule has 21 heavy (non-hydrogen) atoms. The Bertz CT molecular complexity index is 638. The molecule has 2 rings (SSSR count). The monoisotopic (exact) mass is 325 g/mol. The first-order chi connectivity index (χ1) is 9.95. The van der Waals surface area contributed by atoms with E-state index in [0.717, 1.165) is 5.56 Å². The first kappa shape index (κ1) is 15.9. The lowest BCUT2D eigenvalue weighted by molar-refractivity contribution is -0.116. The van der Waals surface area contributed by atoms with Crippen LogP contribution >= 0.6 is 23.2 Å². The molecule has 0 aliphatic rings. The van der Waals surface area contributed by atoms with Crippen molar-refractivity contribution in [3.05, 3.63) is 46.1 Å². The van der Waals surface area contributed by atoms with Gasteiger partial charge in [0.2, 0.25) is 5.91 Å². The second-order valence-electron chi connectivity index (χ2n) is 5.26. The van der Waals surface area contributed by atoms with Crippen LogP contribution in [-0.2, 0) is 11.3 Å². The maximum atomic E-state index is 11.8. The van der Waals surface area contributed by atoms with E-state index >= 15 is 0 Å². The van der Waals surface area contributed by atoms with Crippen molar-refractivity contribution in [2.75, 3.05) is 5.32 Å². The molecule has 0 fully saturated rings. The number of carbonyl (C=O) groups is 1. The quantitative estimate of drug-likeness (QED) is 0.894. The minimum Gasteiger partial charge on any atom is -0.311 e. The van der Waals surface area contributed by atoms with E-state index in [9.17, 15) is 4.79 Å². The lowest BCUT2D eigenvalue weighted by atomic mass is 10.1. The molecule has 0 atom stereocenters. The van der Waals surface area contributed by atoms with Crippen LogP contribution < -0.4 is 5.32 Å². The Morgan fingerprint density at radius 2 is 2.10 bits per heavy atom. The fourth-order valence-electron chi connectivity index (χ4n) is 1.94. The fourth-order valence-corrected chi connectivity index (χ4v) is 2.41. The average Bonchev–Trinajstić information content (AvgIpc) is 2.79. The first-order valence-corrected chi connectivity index (χ1v) is 7.47. The Morgan fingerprint density at radius 3 is 2.76 bits per heavy atom. The predicted octanol–water partition coefficient (Wildman–Crippen LogP) is 4.22. The van der Waals surface area contributed by atoms with Gasteiger partial charge in [-0.05, 0) is 23.6 Å². The van der Waals surface area contributed by atoms with Crippen LogP contribution in [0.5, 0.6) is 0 Å². The number of aromatic nitrogens is 2. The molecule has 0 aliphatic carbocycles. The molecular weight excluding hydrogens is 309 g/mol. The van der Waals surface area contributed by atoms with Gasteiger partial charge in [0.05, 0.1) is 12.7 Å². The highest BCUT2D eigenvalue weighted by molar-refractivity contribution is 6.35. The maximum absolute atomic E-state index is 11.8. The summed E-state index contributed by atoms with van der Waals surface area (Å²) >= 11 is 12.0. The SMILES string of the molecule is CC(C)CC(=O)Nc1ccnn1Cc1ccc(Cl)cc1Cl. The van der Waals surface area contributed by atoms with Gasteiger partial charge in [-0.2, -0.15) is 5.10 Å². The molecule has 0 bridgehead atoms. The van der Waals surface area contributed by atoms with Crippen LogP contribution in [0.15, 0.2) is 30.5 Å². The number of nitrogens with zero attached hydrogens (tertiary/aromatic N) is 2. The molecular formula is C15H17Cl2N3O. The van der Waals surface area contributed by atoms with Crippen molar-refractivity contribution in [2.24, 2.45) is 5.92 Å². The van der Waals surface area contributed by atoms with E-state index in [-0.39, 0.29) is 5.91 Å². The van der Waals surface area contributed by atoms with Crippen LogP contribution in [0.4, 0.5) is 5.82 Å². The molecule has 2 aromatic rings. The molecule has 112 valence electrons. The number of anilines is 1. The normalized spacial score (nSPS) is 10.9. The van der Waals surface area contributed by atoms with Gasteiger partial charge >= 0.3 is 0 Å². The molecule has 1 heterocycles. The lowest BCUT2D eigenvalue weighted by Crippen LogP contribution is -2.17. The average molecular weight is 326 g/mol. The van der Waals surface area contributed by atoms with E-state index in [1.165, 1.54) is 0 Å². The Kier molecular flexibility index (Phi) is 5.26. The smallest absolute Gasteiger partial charge is 0.225 e. The molecule has 1 N–H and O–H groups in total. The molecule has 1 amide bonds. The number of rotatable bonds is 5. The molecule has 0 saturated carbocycles. The highest BCUT2D eigenvalue weighted by Crippen LogP contribution is 2.22. The van der Waals surface area contributed by atoms with Gasteiger partial charge in [0.25, 0.3) is 0 Å². The van der Waals surface area contributed by atoms with Crippen LogP contribution in [0.1, 0.15) is 25.8 Å². The van der Waals surface area contributed by atoms with E-state index in [1.807, 2.05) is 19.9 Å². The molecule has 6 heteroatoms. The molecule has 0 radical (unpaired) electrons. The topological polar surface area (TPSA) is 46.9 Å². The van der Waals surface area contributed by atoms with Crippen molar-refractivity contribution < 1.29 is 4.79 Å². The molecule has 1 aromatic carbocycles. The Hall–Kier alpha value is -1.52. The van der Waals surface area contributed by atoms with Gasteiger partial charge < -0.3 is 5.32 Å². The highest BCUT2D eigenvalue weighted by Gasteiger charge is 2.10. The standard InChI is InChI=1S/C15H17Cl2N3O/c1-10(2)7-15(21)19-14-5-6-18-20(14)9-11-3-4-12(16)8-13(11)17/h3-6,8,10H,7,9H2,1-2H3,(H,19,21). The highest BCUT2D eigenvalue weighted by atomic mass is 35.5. The van der Waals surface area contributed by atoms with E-state index < -0.39 is 0 Å². The summed E-state index contributed by atoms with van der Waals surface area (Å²) in [5.41, 5.74) is 0.893. The number of nitrogens with one attached hydrogen (secondary N) is 1. The number of benzene rings is 1.